The summed E-state index contributed by atoms with van der Waals surface area (Å²) in [5.74, 6) is 0. The Hall–Kier alpha value is -0.120. The topological polar surface area (TPSA) is 9.72 Å². The monoisotopic (exact) mass is 271 g/mol. The SMILES string of the molecule is CCC(C(N(CC)CC)N(CC)CC)N(CC)CC. The highest BCUT2D eigenvalue weighted by Crippen LogP contribution is 2.18. The van der Waals surface area contributed by atoms with Gasteiger partial charge in [0.15, 0.2) is 0 Å². The molecule has 0 amide bonds. The fourth-order valence-corrected chi connectivity index (χ4v) is 3.26. The van der Waals surface area contributed by atoms with E-state index >= 15 is 0 Å². The second-order valence-electron chi connectivity index (χ2n) is 5.05. The van der Waals surface area contributed by atoms with Crippen LogP contribution in [0.4, 0.5) is 0 Å². The molecule has 1 unspecified atom stereocenters. The van der Waals surface area contributed by atoms with Crippen LogP contribution in [0.1, 0.15) is 54.9 Å². The van der Waals surface area contributed by atoms with Gasteiger partial charge >= 0.3 is 0 Å². The molecule has 0 radical (unpaired) electrons. The van der Waals surface area contributed by atoms with Gasteiger partial charge in [-0.05, 0) is 45.7 Å². The number of rotatable bonds is 11. The first-order valence-electron chi connectivity index (χ1n) is 8.36. The van der Waals surface area contributed by atoms with E-state index in [0.29, 0.717) is 12.2 Å². The van der Waals surface area contributed by atoms with E-state index in [9.17, 15) is 0 Å². The standard InChI is InChI=1S/C16H37N3/c1-8-15(17(9-2)10-3)16(18(11-4)12-5)19(13-6)14-7/h15-16H,8-14H2,1-7H3. The highest BCUT2D eigenvalue weighted by Gasteiger charge is 2.31. The van der Waals surface area contributed by atoms with Gasteiger partial charge in [-0.1, -0.05) is 48.5 Å². The zero-order chi connectivity index (χ0) is 14.8. The first-order chi connectivity index (χ1) is 9.14. The van der Waals surface area contributed by atoms with Gasteiger partial charge in [0.2, 0.25) is 0 Å². The molecule has 0 saturated carbocycles. The molecule has 0 bridgehead atoms. The molecule has 19 heavy (non-hydrogen) atoms. The van der Waals surface area contributed by atoms with Crippen LogP contribution < -0.4 is 0 Å². The Morgan fingerprint density at radius 3 is 1.05 bits per heavy atom. The molecule has 0 spiro atoms. The first-order valence-corrected chi connectivity index (χ1v) is 8.36. The van der Waals surface area contributed by atoms with Gasteiger partial charge in [0.25, 0.3) is 0 Å². The summed E-state index contributed by atoms with van der Waals surface area (Å²) in [5, 5.41) is 0. The quantitative estimate of drug-likeness (QED) is 0.535. The van der Waals surface area contributed by atoms with Crippen LogP contribution in [0, 0.1) is 0 Å². The van der Waals surface area contributed by atoms with Gasteiger partial charge < -0.3 is 0 Å². The molecule has 0 aliphatic rings. The Balaban J connectivity index is 5.26. The zero-order valence-corrected chi connectivity index (χ0v) is 14.4. The van der Waals surface area contributed by atoms with Crippen molar-refractivity contribution in [3.8, 4) is 0 Å². The third kappa shape index (κ3) is 5.05. The van der Waals surface area contributed by atoms with Crippen LogP contribution >= 0.6 is 0 Å². The van der Waals surface area contributed by atoms with E-state index in [1.54, 1.807) is 0 Å². The number of nitrogens with zero attached hydrogens (tertiary/aromatic N) is 3. The van der Waals surface area contributed by atoms with Crippen molar-refractivity contribution in [1.82, 2.24) is 14.7 Å². The predicted octanol–water partition coefficient (Wildman–Crippen LogP) is 3.12. The molecule has 0 fully saturated rings. The van der Waals surface area contributed by atoms with E-state index in [-0.39, 0.29) is 0 Å². The molecule has 0 aromatic rings. The maximum absolute atomic E-state index is 2.63. The summed E-state index contributed by atoms with van der Waals surface area (Å²) in [6, 6.07) is 0.634. The lowest BCUT2D eigenvalue weighted by Gasteiger charge is -2.46. The van der Waals surface area contributed by atoms with Crippen LogP contribution in [0.15, 0.2) is 0 Å². The molecule has 0 rings (SSSR count). The predicted molar refractivity (Wildman–Crippen MR) is 86.6 cm³/mol. The van der Waals surface area contributed by atoms with Crippen LogP contribution in [0.25, 0.3) is 0 Å². The lowest BCUT2D eigenvalue weighted by Crippen LogP contribution is -2.59. The third-order valence-electron chi connectivity index (χ3n) is 4.42. The van der Waals surface area contributed by atoms with Gasteiger partial charge in [-0.3, -0.25) is 14.7 Å². The lowest BCUT2D eigenvalue weighted by molar-refractivity contribution is -0.0159. The Morgan fingerprint density at radius 2 is 0.842 bits per heavy atom. The number of hydrogen-bond donors (Lipinski definition) is 0. The van der Waals surface area contributed by atoms with Crippen LogP contribution in [0.3, 0.4) is 0 Å². The van der Waals surface area contributed by atoms with Crippen molar-refractivity contribution in [1.29, 1.82) is 0 Å². The van der Waals surface area contributed by atoms with E-state index in [4.69, 9.17) is 0 Å². The average Bonchev–Trinajstić information content (AvgIpc) is 2.45. The molecular weight excluding hydrogens is 234 g/mol. The van der Waals surface area contributed by atoms with Crippen LogP contribution in [0.5, 0.6) is 0 Å². The van der Waals surface area contributed by atoms with Crippen molar-refractivity contribution in [3.63, 3.8) is 0 Å². The first kappa shape index (κ1) is 18.9. The Labute approximate surface area is 121 Å². The fourth-order valence-electron chi connectivity index (χ4n) is 3.26. The summed E-state index contributed by atoms with van der Waals surface area (Å²) in [6.45, 7) is 22.9. The Bertz CT molecular complexity index is 184. The molecule has 3 heteroatoms. The van der Waals surface area contributed by atoms with Crippen molar-refractivity contribution >= 4 is 0 Å². The summed E-state index contributed by atoms with van der Waals surface area (Å²) < 4.78 is 0. The molecule has 0 heterocycles. The van der Waals surface area contributed by atoms with E-state index in [0.717, 1.165) is 39.3 Å². The molecule has 0 aromatic heterocycles. The van der Waals surface area contributed by atoms with Gasteiger partial charge in [0.05, 0.1) is 6.17 Å². The minimum absolute atomic E-state index is 0.551. The second-order valence-corrected chi connectivity index (χ2v) is 5.05. The Morgan fingerprint density at radius 1 is 0.526 bits per heavy atom. The minimum atomic E-state index is 0.551. The van der Waals surface area contributed by atoms with Crippen LogP contribution in [-0.2, 0) is 0 Å². The van der Waals surface area contributed by atoms with Crippen LogP contribution in [0.2, 0.25) is 0 Å². The van der Waals surface area contributed by atoms with Crippen molar-refractivity contribution in [2.75, 3.05) is 39.3 Å². The molecule has 0 aliphatic heterocycles. The smallest absolute Gasteiger partial charge is 0.0782 e. The molecule has 0 aliphatic carbocycles. The number of likely N-dealkylation sites (N-methyl/N-ethyl adjacent to an activating group) is 3. The molecule has 3 nitrogen and oxygen atoms in total. The maximum Gasteiger partial charge on any atom is 0.0782 e. The summed E-state index contributed by atoms with van der Waals surface area (Å²) in [7, 11) is 0. The highest BCUT2D eigenvalue weighted by molar-refractivity contribution is 4.84. The zero-order valence-electron chi connectivity index (χ0n) is 14.4. The maximum atomic E-state index is 2.63. The van der Waals surface area contributed by atoms with Crippen molar-refractivity contribution < 1.29 is 0 Å². The number of hydrogen-bond acceptors (Lipinski definition) is 3. The lowest BCUT2D eigenvalue weighted by atomic mass is 10.1. The van der Waals surface area contributed by atoms with E-state index in [1.807, 2.05) is 0 Å². The normalized spacial score (nSPS) is 14.1. The van der Waals surface area contributed by atoms with E-state index in [1.165, 1.54) is 6.42 Å². The molecule has 0 aromatic carbocycles. The van der Waals surface area contributed by atoms with Gasteiger partial charge in [-0.25, -0.2) is 0 Å². The van der Waals surface area contributed by atoms with Crippen molar-refractivity contribution in [3.05, 3.63) is 0 Å². The van der Waals surface area contributed by atoms with E-state index < -0.39 is 0 Å². The van der Waals surface area contributed by atoms with Crippen molar-refractivity contribution in [2.45, 2.75) is 67.1 Å². The molecule has 0 saturated heterocycles. The second kappa shape index (κ2) is 10.6. The van der Waals surface area contributed by atoms with Crippen LogP contribution in [-0.4, -0.2) is 66.2 Å². The van der Waals surface area contributed by atoms with E-state index in [2.05, 4.69) is 63.2 Å². The van der Waals surface area contributed by atoms with Gasteiger partial charge in [-0.2, -0.15) is 0 Å². The third-order valence-corrected chi connectivity index (χ3v) is 4.42. The van der Waals surface area contributed by atoms with Gasteiger partial charge in [-0.15, -0.1) is 0 Å². The summed E-state index contributed by atoms with van der Waals surface area (Å²) >= 11 is 0. The van der Waals surface area contributed by atoms with Crippen molar-refractivity contribution in [2.24, 2.45) is 0 Å². The summed E-state index contributed by atoms with van der Waals surface area (Å²) in [5.41, 5.74) is 0. The average molecular weight is 271 g/mol. The largest absolute Gasteiger partial charge is 0.298 e. The minimum Gasteiger partial charge on any atom is -0.298 e. The van der Waals surface area contributed by atoms with Gasteiger partial charge in [0.1, 0.15) is 0 Å². The highest BCUT2D eigenvalue weighted by atomic mass is 15.4. The molecule has 116 valence electrons. The Kier molecular flexibility index (Phi) is 10.6. The fraction of sp³-hybridized carbons (Fsp3) is 1.00. The van der Waals surface area contributed by atoms with Gasteiger partial charge in [0, 0.05) is 6.04 Å². The molecule has 1 atom stereocenters. The summed E-state index contributed by atoms with van der Waals surface area (Å²) in [4.78, 5) is 7.88. The summed E-state index contributed by atoms with van der Waals surface area (Å²) in [6.07, 6.45) is 1.77. The molecular formula is C16H37N3. The molecule has 0 N–H and O–H groups in total.